The number of hydrogen-bond donors (Lipinski definition) is 2. The van der Waals surface area contributed by atoms with Crippen molar-refractivity contribution in [1.82, 2.24) is 15.1 Å². The summed E-state index contributed by atoms with van der Waals surface area (Å²) in [5, 5.41) is 10.5. The van der Waals surface area contributed by atoms with E-state index in [0.717, 1.165) is 31.4 Å². The van der Waals surface area contributed by atoms with Gasteiger partial charge in [-0.15, -0.1) is 0 Å². The molecule has 1 aromatic heterocycles. The molecular weight excluding hydrogens is 308 g/mol. The largest absolute Gasteiger partial charge is 0.348 e. The minimum atomic E-state index is -0.392. The van der Waals surface area contributed by atoms with E-state index in [2.05, 4.69) is 36.5 Å². The van der Waals surface area contributed by atoms with Gasteiger partial charge in [0.15, 0.2) is 5.79 Å². The van der Waals surface area contributed by atoms with Crippen molar-refractivity contribution in [3.8, 4) is 0 Å². The third-order valence-electron chi connectivity index (χ3n) is 4.60. The van der Waals surface area contributed by atoms with E-state index in [-0.39, 0.29) is 17.6 Å². The van der Waals surface area contributed by atoms with Crippen LogP contribution in [0.3, 0.4) is 0 Å². The Hall–Kier alpha value is -1.60. The average Bonchev–Trinajstić information content (AvgIpc) is 3.08. The van der Waals surface area contributed by atoms with Crippen LogP contribution < -0.4 is 10.6 Å². The molecule has 7 nitrogen and oxygen atoms in total. The number of rotatable bonds is 2. The van der Waals surface area contributed by atoms with E-state index in [1.54, 1.807) is 0 Å². The maximum atomic E-state index is 12.4. The van der Waals surface area contributed by atoms with Gasteiger partial charge in [-0.25, -0.2) is 9.48 Å². The van der Waals surface area contributed by atoms with Gasteiger partial charge in [0.1, 0.15) is 5.82 Å². The molecule has 2 fully saturated rings. The van der Waals surface area contributed by atoms with E-state index in [1.165, 1.54) is 0 Å². The van der Waals surface area contributed by atoms with Crippen LogP contribution in [0.2, 0.25) is 0 Å². The van der Waals surface area contributed by atoms with Crippen LogP contribution in [0.5, 0.6) is 0 Å². The molecule has 3 rings (SSSR count). The van der Waals surface area contributed by atoms with Crippen molar-refractivity contribution in [3.05, 3.63) is 11.8 Å². The minimum Gasteiger partial charge on any atom is -0.348 e. The van der Waals surface area contributed by atoms with Crippen molar-refractivity contribution in [2.45, 2.75) is 70.7 Å². The Morgan fingerprint density at radius 3 is 2.50 bits per heavy atom. The fraction of sp³-hybridized carbons (Fsp3) is 0.765. The highest BCUT2D eigenvalue weighted by Crippen LogP contribution is 2.35. The van der Waals surface area contributed by atoms with E-state index in [4.69, 9.17) is 9.47 Å². The first-order chi connectivity index (χ1) is 11.3. The standard InChI is InChI=1S/C17H28N4O3/c1-12-11-14(21(20-12)16(2,3)4)19-15(22)18-13-5-7-17(8-6-13)23-9-10-24-17/h11,13H,5-10H2,1-4H3,(H2,18,19,22). The maximum absolute atomic E-state index is 12.4. The fourth-order valence-electron chi connectivity index (χ4n) is 3.43. The van der Waals surface area contributed by atoms with Crippen molar-refractivity contribution in [1.29, 1.82) is 0 Å². The van der Waals surface area contributed by atoms with Crippen LogP contribution in [0.25, 0.3) is 0 Å². The lowest BCUT2D eigenvalue weighted by Crippen LogP contribution is -2.45. The van der Waals surface area contributed by atoms with Crippen LogP contribution in [-0.2, 0) is 15.0 Å². The van der Waals surface area contributed by atoms with Gasteiger partial charge in [-0.3, -0.25) is 5.32 Å². The molecule has 1 aliphatic carbocycles. The quantitative estimate of drug-likeness (QED) is 0.870. The molecule has 0 atom stereocenters. The highest BCUT2D eigenvalue weighted by atomic mass is 16.7. The third kappa shape index (κ3) is 3.72. The van der Waals surface area contributed by atoms with Gasteiger partial charge in [-0.05, 0) is 40.5 Å². The summed E-state index contributed by atoms with van der Waals surface area (Å²) in [7, 11) is 0. The average molecular weight is 336 g/mol. The van der Waals surface area contributed by atoms with E-state index >= 15 is 0 Å². The van der Waals surface area contributed by atoms with Crippen molar-refractivity contribution >= 4 is 11.8 Å². The molecule has 2 aliphatic rings. The second kappa shape index (κ2) is 6.37. The number of ether oxygens (including phenoxy) is 2. The van der Waals surface area contributed by atoms with E-state index in [9.17, 15) is 4.79 Å². The molecule has 1 aromatic rings. The predicted molar refractivity (Wildman–Crippen MR) is 91.0 cm³/mol. The first kappa shape index (κ1) is 17.2. The van der Waals surface area contributed by atoms with Crippen molar-refractivity contribution in [2.24, 2.45) is 0 Å². The Kier molecular flexibility index (Phi) is 4.57. The zero-order valence-electron chi connectivity index (χ0n) is 15.0. The molecule has 0 aromatic carbocycles. The van der Waals surface area contributed by atoms with Crippen LogP contribution in [0.1, 0.15) is 52.1 Å². The molecule has 1 saturated heterocycles. The third-order valence-corrected chi connectivity index (χ3v) is 4.60. The molecule has 1 saturated carbocycles. The highest BCUT2D eigenvalue weighted by Gasteiger charge is 2.40. The molecule has 2 amide bonds. The zero-order valence-corrected chi connectivity index (χ0v) is 15.0. The first-order valence-electron chi connectivity index (χ1n) is 8.70. The molecule has 2 heterocycles. The van der Waals surface area contributed by atoms with Crippen LogP contribution in [0.4, 0.5) is 10.6 Å². The molecule has 7 heteroatoms. The van der Waals surface area contributed by atoms with Crippen LogP contribution in [0, 0.1) is 6.92 Å². The summed E-state index contributed by atoms with van der Waals surface area (Å²) in [6.07, 6.45) is 3.39. The Balaban J connectivity index is 1.55. The van der Waals surface area contributed by atoms with Crippen LogP contribution in [-0.4, -0.2) is 40.9 Å². The Bertz CT molecular complexity index is 589. The normalized spacial score (nSPS) is 21.2. The molecule has 0 bridgehead atoms. The zero-order chi connectivity index (χ0) is 17.4. The number of amides is 2. The molecule has 1 aliphatic heterocycles. The Morgan fingerprint density at radius 1 is 1.29 bits per heavy atom. The van der Waals surface area contributed by atoms with Crippen LogP contribution >= 0.6 is 0 Å². The summed E-state index contributed by atoms with van der Waals surface area (Å²) < 4.78 is 13.3. The predicted octanol–water partition coefficient (Wildman–Crippen LogP) is 2.75. The molecule has 134 valence electrons. The van der Waals surface area contributed by atoms with E-state index in [1.807, 2.05) is 17.7 Å². The topological polar surface area (TPSA) is 77.4 Å². The number of anilines is 1. The molecule has 0 unspecified atom stereocenters. The molecular formula is C17H28N4O3. The lowest BCUT2D eigenvalue weighted by molar-refractivity contribution is -0.179. The van der Waals surface area contributed by atoms with Gasteiger partial charge in [0, 0.05) is 24.9 Å². The second-order valence-electron chi connectivity index (χ2n) is 7.73. The van der Waals surface area contributed by atoms with Gasteiger partial charge in [-0.2, -0.15) is 5.10 Å². The van der Waals surface area contributed by atoms with Gasteiger partial charge >= 0.3 is 6.03 Å². The van der Waals surface area contributed by atoms with Crippen molar-refractivity contribution in [2.75, 3.05) is 18.5 Å². The number of urea groups is 1. The Morgan fingerprint density at radius 2 is 1.92 bits per heavy atom. The second-order valence-corrected chi connectivity index (χ2v) is 7.73. The number of nitrogens with one attached hydrogen (secondary N) is 2. The minimum absolute atomic E-state index is 0.149. The number of carbonyl (C=O) groups excluding carboxylic acids is 1. The molecule has 24 heavy (non-hydrogen) atoms. The highest BCUT2D eigenvalue weighted by molar-refractivity contribution is 5.88. The fourth-order valence-corrected chi connectivity index (χ4v) is 3.43. The summed E-state index contributed by atoms with van der Waals surface area (Å²) in [6, 6.07) is 1.85. The summed E-state index contributed by atoms with van der Waals surface area (Å²) in [5.41, 5.74) is 0.695. The van der Waals surface area contributed by atoms with Gasteiger partial charge in [0.25, 0.3) is 0 Å². The van der Waals surface area contributed by atoms with Gasteiger partial charge in [-0.1, -0.05) is 0 Å². The van der Waals surface area contributed by atoms with E-state index < -0.39 is 5.79 Å². The van der Waals surface area contributed by atoms with Crippen molar-refractivity contribution < 1.29 is 14.3 Å². The number of aromatic nitrogens is 2. The number of carbonyl (C=O) groups is 1. The Labute approximate surface area is 143 Å². The maximum Gasteiger partial charge on any atom is 0.320 e. The smallest absolute Gasteiger partial charge is 0.320 e. The molecule has 2 N–H and O–H groups in total. The number of aryl methyl sites for hydroxylation is 1. The summed E-state index contributed by atoms with van der Waals surface area (Å²) in [5.74, 6) is 0.323. The first-order valence-corrected chi connectivity index (χ1v) is 8.70. The van der Waals surface area contributed by atoms with Gasteiger partial charge < -0.3 is 14.8 Å². The summed E-state index contributed by atoms with van der Waals surface area (Å²) in [4.78, 5) is 12.4. The number of nitrogens with zero attached hydrogens (tertiary/aromatic N) is 2. The SMILES string of the molecule is Cc1cc(NC(=O)NC2CCC3(CC2)OCCO3)n(C(C)(C)C)n1. The summed E-state index contributed by atoms with van der Waals surface area (Å²) in [6.45, 7) is 9.46. The van der Waals surface area contributed by atoms with E-state index in [0.29, 0.717) is 19.0 Å². The number of hydrogen-bond acceptors (Lipinski definition) is 4. The monoisotopic (exact) mass is 336 g/mol. The molecule has 0 radical (unpaired) electrons. The van der Waals surface area contributed by atoms with Gasteiger partial charge in [0.05, 0.1) is 24.4 Å². The van der Waals surface area contributed by atoms with Gasteiger partial charge in [0.2, 0.25) is 0 Å². The summed E-state index contributed by atoms with van der Waals surface area (Å²) >= 11 is 0. The van der Waals surface area contributed by atoms with Crippen LogP contribution in [0.15, 0.2) is 6.07 Å². The lowest BCUT2D eigenvalue weighted by atomic mass is 9.90. The lowest BCUT2D eigenvalue weighted by Gasteiger charge is -2.35. The van der Waals surface area contributed by atoms with Crippen molar-refractivity contribution in [3.63, 3.8) is 0 Å². The molecule has 1 spiro atoms.